The Balaban J connectivity index is 1.30. The summed E-state index contributed by atoms with van der Waals surface area (Å²) in [7, 11) is 0. The van der Waals surface area contributed by atoms with Gasteiger partial charge in [0.1, 0.15) is 29.7 Å². The number of hydrogen-bond acceptors (Lipinski definition) is 7. The summed E-state index contributed by atoms with van der Waals surface area (Å²) in [6.45, 7) is 11.3. The topological polar surface area (TPSA) is 144 Å². The fourth-order valence-electron chi connectivity index (χ4n) is 4.52. The fourth-order valence-corrected chi connectivity index (χ4v) is 4.52. The molecule has 1 atom stereocenters. The number of primary amides is 1. The molecule has 10 heteroatoms. The number of rotatable bonds is 12. The van der Waals surface area contributed by atoms with Gasteiger partial charge in [0, 0.05) is 30.9 Å². The van der Waals surface area contributed by atoms with Crippen molar-refractivity contribution in [1.82, 2.24) is 19.9 Å². The molecule has 0 aliphatic rings. The first-order chi connectivity index (χ1) is 19.3. The van der Waals surface area contributed by atoms with Crippen LogP contribution in [-0.2, 0) is 13.0 Å². The number of aromatic nitrogens is 3. The number of nitrogens with zero attached hydrogens (tertiary/aromatic N) is 2. The summed E-state index contributed by atoms with van der Waals surface area (Å²) in [6.07, 6.45) is 1.34. The molecule has 0 saturated carbocycles. The Morgan fingerprint density at radius 3 is 2.46 bits per heavy atom. The van der Waals surface area contributed by atoms with Gasteiger partial charge in [0.15, 0.2) is 0 Å². The molecule has 1 unspecified atom stereocenters. The Hall–Kier alpha value is -4.15. The monoisotopic (exact) mass is 561 g/mol. The molecule has 218 valence electrons. The van der Waals surface area contributed by atoms with Gasteiger partial charge in [0.2, 0.25) is 11.8 Å². The second-order valence-electron chi connectivity index (χ2n) is 12.1. The highest BCUT2D eigenvalue weighted by molar-refractivity contribution is 5.92. The van der Waals surface area contributed by atoms with E-state index >= 15 is 0 Å². The minimum atomic E-state index is -0.754. The van der Waals surface area contributed by atoms with Gasteiger partial charge in [-0.25, -0.2) is 9.78 Å². The Labute approximate surface area is 239 Å². The highest BCUT2D eigenvalue weighted by Crippen LogP contribution is 2.27. The smallest absolute Gasteiger partial charge is 0.326 e. The van der Waals surface area contributed by atoms with Gasteiger partial charge in [-0.05, 0) is 61.6 Å². The van der Waals surface area contributed by atoms with E-state index in [1.54, 1.807) is 16.7 Å². The van der Waals surface area contributed by atoms with Crippen molar-refractivity contribution in [2.75, 3.05) is 13.2 Å². The Bertz CT molecular complexity index is 1530. The SMILES string of the molecule is CC(C)(C)Cn1c(=O)[nH]c2cccc(OCC(O)CNC(C)(C)Cc3ccc(Oc4ccc(C(N)=O)cn4)cc3)c21. The molecule has 4 rings (SSSR count). The van der Waals surface area contributed by atoms with Gasteiger partial charge in [0.05, 0.1) is 11.1 Å². The third-order valence-corrected chi connectivity index (χ3v) is 6.45. The molecule has 0 saturated heterocycles. The van der Waals surface area contributed by atoms with Crippen molar-refractivity contribution in [2.45, 2.75) is 59.2 Å². The van der Waals surface area contributed by atoms with Crippen molar-refractivity contribution < 1.29 is 19.4 Å². The maximum atomic E-state index is 12.6. The van der Waals surface area contributed by atoms with Gasteiger partial charge in [0.25, 0.3) is 0 Å². The normalized spacial score (nSPS) is 12.8. The molecule has 0 aliphatic heterocycles. The number of aromatic amines is 1. The predicted octanol–water partition coefficient (Wildman–Crippen LogP) is 4.01. The van der Waals surface area contributed by atoms with E-state index < -0.39 is 12.0 Å². The van der Waals surface area contributed by atoms with E-state index in [-0.39, 0.29) is 23.3 Å². The van der Waals surface area contributed by atoms with Crippen LogP contribution < -0.4 is 26.2 Å². The van der Waals surface area contributed by atoms with Crippen LogP contribution in [0.1, 0.15) is 50.5 Å². The summed E-state index contributed by atoms with van der Waals surface area (Å²) in [4.78, 5) is 30.8. The molecule has 0 bridgehead atoms. The molecule has 41 heavy (non-hydrogen) atoms. The summed E-state index contributed by atoms with van der Waals surface area (Å²) in [5.74, 6) is 1.01. The Morgan fingerprint density at radius 2 is 1.83 bits per heavy atom. The molecule has 0 spiro atoms. The molecule has 0 aliphatic carbocycles. The number of amides is 1. The number of nitrogens with one attached hydrogen (secondary N) is 2. The van der Waals surface area contributed by atoms with Crippen LogP contribution in [0.15, 0.2) is 65.6 Å². The lowest BCUT2D eigenvalue weighted by atomic mass is 9.94. The van der Waals surface area contributed by atoms with Gasteiger partial charge >= 0.3 is 5.69 Å². The quantitative estimate of drug-likeness (QED) is 0.205. The summed E-state index contributed by atoms with van der Waals surface area (Å²) >= 11 is 0. The van der Waals surface area contributed by atoms with Crippen LogP contribution in [0.25, 0.3) is 11.0 Å². The van der Waals surface area contributed by atoms with E-state index in [1.807, 2.05) is 42.5 Å². The molecular formula is C31H39N5O5. The highest BCUT2D eigenvalue weighted by atomic mass is 16.5. The number of aliphatic hydroxyl groups excluding tert-OH is 1. The molecule has 2 aromatic heterocycles. The zero-order valence-corrected chi connectivity index (χ0v) is 24.2. The minimum Gasteiger partial charge on any atom is -0.489 e. The number of para-hydroxylation sites is 1. The minimum absolute atomic E-state index is 0.0809. The standard InChI is InChI=1S/C31H39N5O5/c1-30(2,3)19-36-27-24(35-29(36)39)7-6-8-25(27)40-18-22(37)17-34-31(4,5)15-20-9-12-23(13-10-20)41-26-14-11-21(16-33-26)28(32)38/h6-14,16,22,34,37H,15,17-19H2,1-5H3,(H2,32,38)(H,35,39). The van der Waals surface area contributed by atoms with Crippen LogP contribution in [0.5, 0.6) is 17.4 Å². The molecule has 0 fully saturated rings. The van der Waals surface area contributed by atoms with E-state index in [0.717, 1.165) is 5.56 Å². The number of H-pyrrole nitrogens is 1. The van der Waals surface area contributed by atoms with E-state index in [1.165, 1.54) is 6.20 Å². The predicted molar refractivity (Wildman–Crippen MR) is 159 cm³/mol. The number of pyridine rings is 1. The largest absolute Gasteiger partial charge is 0.489 e. The number of carbonyl (C=O) groups excluding carboxylic acids is 1. The number of β-amino-alcohol motifs (C(OH)–C–C–N with tert-alkyl or cyclic N) is 1. The maximum Gasteiger partial charge on any atom is 0.326 e. The number of fused-ring (bicyclic) bond motifs is 1. The van der Waals surface area contributed by atoms with Gasteiger partial charge in [-0.2, -0.15) is 0 Å². The van der Waals surface area contributed by atoms with Crippen molar-refractivity contribution in [1.29, 1.82) is 0 Å². The number of carbonyl (C=O) groups is 1. The lowest BCUT2D eigenvalue weighted by Crippen LogP contribution is -2.46. The van der Waals surface area contributed by atoms with E-state index in [2.05, 4.69) is 49.9 Å². The average Bonchev–Trinajstić information content (AvgIpc) is 3.21. The van der Waals surface area contributed by atoms with Crippen LogP contribution in [-0.4, -0.2) is 50.3 Å². The van der Waals surface area contributed by atoms with Crippen molar-refractivity contribution in [3.63, 3.8) is 0 Å². The number of imidazole rings is 1. The summed E-state index contributed by atoms with van der Waals surface area (Å²) in [5.41, 5.74) is 7.50. The molecule has 1 amide bonds. The Kier molecular flexibility index (Phi) is 8.84. The van der Waals surface area contributed by atoms with Crippen LogP contribution in [0.2, 0.25) is 0 Å². The molecule has 5 N–H and O–H groups in total. The first-order valence-electron chi connectivity index (χ1n) is 13.6. The summed E-state index contributed by atoms with van der Waals surface area (Å²) in [5, 5.41) is 14.1. The number of nitrogens with two attached hydrogens (primary N) is 1. The van der Waals surface area contributed by atoms with Gasteiger partial charge in [-0.3, -0.25) is 9.36 Å². The van der Waals surface area contributed by atoms with E-state index in [4.69, 9.17) is 15.2 Å². The highest BCUT2D eigenvalue weighted by Gasteiger charge is 2.21. The van der Waals surface area contributed by atoms with Crippen molar-refractivity contribution in [3.8, 4) is 17.4 Å². The molecule has 2 heterocycles. The zero-order chi connectivity index (χ0) is 29.8. The Morgan fingerprint density at radius 1 is 1.10 bits per heavy atom. The maximum absolute atomic E-state index is 12.6. The summed E-state index contributed by atoms with van der Waals surface area (Å²) in [6, 6.07) is 16.3. The van der Waals surface area contributed by atoms with Crippen LogP contribution in [0.3, 0.4) is 0 Å². The number of aliphatic hydroxyl groups is 1. The van der Waals surface area contributed by atoms with Crippen LogP contribution >= 0.6 is 0 Å². The van der Waals surface area contributed by atoms with Crippen LogP contribution in [0, 0.1) is 5.41 Å². The lowest BCUT2D eigenvalue weighted by Gasteiger charge is -2.28. The van der Waals surface area contributed by atoms with E-state index in [0.29, 0.717) is 53.5 Å². The third kappa shape index (κ3) is 8.18. The second-order valence-corrected chi connectivity index (χ2v) is 12.1. The summed E-state index contributed by atoms with van der Waals surface area (Å²) < 4.78 is 13.5. The first kappa shape index (κ1) is 29.8. The molecule has 10 nitrogen and oxygen atoms in total. The van der Waals surface area contributed by atoms with Crippen molar-refractivity contribution in [2.24, 2.45) is 11.1 Å². The van der Waals surface area contributed by atoms with Crippen molar-refractivity contribution >= 4 is 16.9 Å². The van der Waals surface area contributed by atoms with Gasteiger partial charge in [-0.1, -0.05) is 39.0 Å². The number of hydrogen-bond donors (Lipinski definition) is 4. The first-order valence-corrected chi connectivity index (χ1v) is 13.6. The zero-order valence-electron chi connectivity index (χ0n) is 24.2. The van der Waals surface area contributed by atoms with Crippen molar-refractivity contribution in [3.05, 3.63) is 82.4 Å². The van der Waals surface area contributed by atoms with Gasteiger partial charge < -0.3 is 30.6 Å². The van der Waals surface area contributed by atoms with Crippen LogP contribution in [0.4, 0.5) is 0 Å². The molecular weight excluding hydrogens is 522 g/mol. The molecule has 2 aromatic carbocycles. The van der Waals surface area contributed by atoms with Gasteiger partial charge in [-0.15, -0.1) is 0 Å². The number of benzene rings is 2. The van der Waals surface area contributed by atoms with E-state index in [9.17, 15) is 14.7 Å². The fraction of sp³-hybridized carbons (Fsp3) is 0.387. The second kappa shape index (κ2) is 12.2. The lowest BCUT2D eigenvalue weighted by molar-refractivity contribution is 0.0993. The molecule has 0 radical (unpaired) electrons. The third-order valence-electron chi connectivity index (χ3n) is 6.45. The average molecular weight is 562 g/mol. The molecule has 4 aromatic rings. The number of ether oxygens (including phenoxy) is 2.